The number of benzene rings is 2. The van der Waals surface area contributed by atoms with E-state index in [1.807, 2.05) is 74.4 Å². The van der Waals surface area contributed by atoms with E-state index in [1.54, 1.807) is 53.0 Å². The molecule has 0 aliphatic heterocycles. The van der Waals surface area contributed by atoms with Gasteiger partial charge in [0, 0.05) is 52.0 Å². The number of methoxy groups -OCH3 is 4. The van der Waals surface area contributed by atoms with Gasteiger partial charge in [-0.25, -0.2) is 0 Å². The normalized spacial score (nSPS) is 9.85. The Kier molecular flexibility index (Phi) is 12.1. The SMILES string of the molecule is COc1cc[c-]c(-c2cc(N(C)C)ccn2)c1OC.COc1cc[c-]c(-c2cc(N(C)C)ccn2)c1OC.[Pt+2]. The molecule has 0 aliphatic carbocycles. The minimum absolute atomic E-state index is 0. The molecule has 0 radical (unpaired) electrons. The van der Waals surface area contributed by atoms with Crippen LogP contribution in [0.4, 0.5) is 11.4 Å². The van der Waals surface area contributed by atoms with E-state index >= 15 is 0 Å². The number of ether oxygens (including phenoxy) is 4. The molecule has 0 saturated heterocycles. The summed E-state index contributed by atoms with van der Waals surface area (Å²) in [4.78, 5) is 12.8. The third-order valence-electron chi connectivity index (χ3n) is 5.71. The number of aromatic nitrogens is 2. The molecule has 0 bridgehead atoms. The van der Waals surface area contributed by atoms with Gasteiger partial charge in [0.1, 0.15) is 0 Å². The van der Waals surface area contributed by atoms with Crippen molar-refractivity contribution >= 4 is 11.4 Å². The van der Waals surface area contributed by atoms with E-state index in [-0.39, 0.29) is 21.1 Å². The number of rotatable bonds is 8. The molecule has 0 N–H and O–H groups in total. The number of pyridine rings is 2. The first-order valence-electron chi connectivity index (χ1n) is 11.9. The minimum atomic E-state index is 0. The van der Waals surface area contributed by atoms with Gasteiger partial charge < -0.3 is 38.7 Å². The summed E-state index contributed by atoms with van der Waals surface area (Å²) in [6.07, 6.45) is 3.55. The van der Waals surface area contributed by atoms with Gasteiger partial charge in [0.2, 0.25) is 0 Å². The first-order valence-corrected chi connectivity index (χ1v) is 11.9. The molecule has 9 heteroatoms. The Balaban J connectivity index is 0.000000267. The second-order valence-corrected chi connectivity index (χ2v) is 8.50. The molecule has 2 aromatic carbocycles. The van der Waals surface area contributed by atoms with Crippen molar-refractivity contribution < 1.29 is 40.0 Å². The first kappa shape index (κ1) is 31.4. The molecular formula is C30H34N4O4Pt. The molecule has 2 heterocycles. The van der Waals surface area contributed by atoms with Gasteiger partial charge in [-0.3, -0.25) is 0 Å². The van der Waals surface area contributed by atoms with Gasteiger partial charge in [0.15, 0.2) is 0 Å². The molecule has 0 aliphatic rings. The van der Waals surface area contributed by atoms with Crippen molar-refractivity contribution in [2.45, 2.75) is 0 Å². The Morgan fingerprint density at radius 2 is 0.974 bits per heavy atom. The fraction of sp³-hybridized carbons (Fsp3) is 0.267. The smallest absolute Gasteiger partial charge is 0.536 e. The first-order chi connectivity index (χ1) is 18.3. The second kappa shape index (κ2) is 15.0. The predicted molar refractivity (Wildman–Crippen MR) is 152 cm³/mol. The summed E-state index contributed by atoms with van der Waals surface area (Å²) in [5.41, 5.74) is 5.35. The van der Waals surface area contributed by atoms with E-state index in [0.29, 0.717) is 23.0 Å². The molecule has 4 aromatic rings. The summed E-state index contributed by atoms with van der Waals surface area (Å²) in [5, 5.41) is 0. The quantitative estimate of drug-likeness (QED) is 0.230. The maximum atomic E-state index is 5.41. The van der Waals surface area contributed by atoms with Crippen LogP contribution in [0.1, 0.15) is 0 Å². The fourth-order valence-corrected chi connectivity index (χ4v) is 3.71. The van der Waals surface area contributed by atoms with Crippen LogP contribution in [0.5, 0.6) is 23.0 Å². The van der Waals surface area contributed by atoms with Crippen LogP contribution in [0.15, 0.2) is 60.9 Å². The number of nitrogens with zero attached hydrogens (tertiary/aromatic N) is 4. The molecule has 0 amide bonds. The predicted octanol–water partition coefficient (Wildman–Crippen LogP) is 5.26. The van der Waals surface area contributed by atoms with Gasteiger partial charge >= 0.3 is 21.1 Å². The summed E-state index contributed by atoms with van der Waals surface area (Å²) in [6, 6.07) is 21.5. The van der Waals surface area contributed by atoms with E-state index in [9.17, 15) is 0 Å². The molecule has 0 atom stereocenters. The molecule has 0 spiro atoms. The van der Waals surface area contributed by atoms with Crippen LogP contribution in [0.25, 0.3) is 22.5 Å². The zero-order chi connectivity index (χ0) is 27.7. The van der Waals surface area contributed by atoms with E-state index in [2.05, 4.69) is 22.1 Å². The van der Waals surface area contributed by atoms with Gasteiger partial charge in [-0.05, 0) is 23.5 Å². The topological polar surface area (TPSA) is 69.2 Å². The summed E-state index contributed by atoms with van der Waals surface area (Å²) in [6.45, 7) is 0. The van der Waals surface area contributed by atoms with Gasteiger partial charge in [-0.2, -0.15) is 0 Å². The molecule has 4 rings (SSSR count). The van der Waals surface area contributed by atoms with Gasteiger partial charge in [0.05, 0.1) is 51.4 Å². The van der Waals surface area contributed by atoms with Gasteiger partial charge in [-0.1, -0.05) is 35.4 Å². The number of anilines is 2. The van der Waals surface area contributed by atoms with E-state index < -0.39 is 0 Å². The van der Waals surface area contributed by atoms with Crippen LogP contribution in [0.3, 0.4) is 0 Å². The van der Waals surface area contributed by atoms with Crippen LogP contribution in [0.2, 0.25) is 0 Å². The molecule has 2 aromatic heterocycles. The Hall–Kier alpha value is -3.77. The average Bonchev–Trinajstić information content (AvgIpc) is 2.96. The van der Waals surface area contributed by atoms with Crippen molar-refractivity contribution in [3.05, 3.63) is 73.1 Å². The van der Waals surface area contributed by atoms with Crippen molar-refractivity contribution in [1.29, 1.82) is 0 Å². The molecule has 208 valence electrons. The van der Waals surface area contributed by atoms with Crippen LogP contribution >= 0.6 is 0 Å². The zero-order valence-electron chi connectivity index (χ0n) is 23.5. The maximum absolute atomic E-state index is 5.41. The van der Waals surface area contributed by atoms with Crippen LogP contribution in [0, 0.1) is 12.1 Å². The van der Waals surface area contributed by atoms with Crippen molar-refractivity contribution in [2.24, 2.45) is 0 Å². The molecule has 0 fully saturated rings. The van der Waals surface area contributed by atoms with E-state index in [0.717, 1.165) is 33.9 Å². The second-order valence-electron chi connectivity index (χ2n) is 8.50. The van der Waals surface area contributed by atoms with E-state index in [1.165, 1.54) is 0 Å². The fourth-order valence-electron chi connectivity index (χ4n) is 3.71. The average molecular weight is 710 g/mol. The summed E-state index contributed by atoms with van der Waals surface area (Å²) in [5.74, 6) is 2.64. The standard InChI is InChI=1S/2C15H17N2O2.Pt/c2*1-17(2)11-8-9-16-13(10-11)12-6-5-7-14(18-3)15(12)19-4;/h2*5,7-10H,1-4H3;/q2*-1;+2. The number of hydrogen-bond donors (Lipinski definition) is 0. The molecule has 8 nitrogen and oxygen atoms in total. The monoisotopic (exact) mass is 709 g/mol. The van der Waals surface area contributed by atoms with Crippen molar-refractivity contribution in [3.8, 4) is 45.5 Å². The maximum Gasteiger partial charge on any atom is 2.00 e. The third-order valence-corrected chi connectivity index (χ3v) is 5.71. The van der Waals surface area contributed by atoms with Gasteiger partial charge in [0.25, 0.3) is 0 Å². The van der Waals surface area contributed by atoms with Crippen molar-refractivity contribution in [1.82, 2.24) is 9.97 Å². The molecule has 39 heavy (non-hydrogen) atoms. The summed E-state index contributed by atoms with van der Waals surface area (Å²) in [7, 11) is 14.4. The third kappa shape index (κ3) is 7.64. The van der Waals surface area contributed by atoms with E-state index in [4.69, 9.17) is 18.9 Å². The summed E-state index contributed by atoms with van der Waals surface area (Å²) >= 11 is 0. The Labute approximate surface area is 245 Å². The Morgan fingerprint density at radius 1 is 0.590 bits per heavy atom. The van der Waals surface area contributed by atoms with Crippen LogP contribution in [-0.4, -0.2) is 66.6 Å². The zero-order valence-corrected chi connectivity index (χ0v) is 25.8. The molecule has 0 saturated carbocycles. The summed E-state index contributed by atoms with van der Waals surface area (Å²) < 4.78 is 21.4. The molecule has 0 unspecified atom stereocenters. The van der Waals surface area contributed by atoms with Crippen molar-refractivity contribution in [3.63, 3.8) is 0 Å². The largest absolute Gasteiger partial charge is 2.00 e. The Morgan fingerprint density at radius 3 is 1.28 bits per heavy atom. The van der Waals surface area contributed by atoms with Crippen LogP contribution in [-0.2, 0) is 21.1 Å². The Bertz CT molecular complexity index is 1250. The van der Waals surface area contributed by atoms with Gasteiger partial charge in [-0.15, -0.1) is 24.3 Å². The number of hydrogen-bond acceptors (Lipinski definition) is 8. The minimum Gasteiger partial charge on any atom is -0.536 e. The van der Waals surface area contributed by atoms with Crippen LogP contribution < -0.4 is 28.7 Å². The molecular weight excluding hydrogens is 675 g/mol. The van der Waals surface area contributed by atoms with Crippen molar-refractivity contribution in [2.75, 3.05) is 66.4 Å².